The second-order valence-corrected chi connectivity index (χ2v) is 6.94. The van der Waals surface area contributed by atoms with Crippen molar-refractivity contribution in [2.45, 2.75) is 20.0 Å². The standard InChI is InChI=1S/C17H24N4OS.ClH/c1-2-22-15-5-3-14(4-6-15)12-20-7-9-21(10-8-20)13-16-11-19-17(18)23-16;/h3-6,11H,2,7-10,12-13H2,1H3,(H2,18,19);1H. The van der Waals surface area contributed by atoms with Crippen LogP contribution in [0.5, 0.6) is 5.75 Å². The Morgan fingerprint density at radius 1 is 1.08 bits per heavy atom. The molecule has 24 heavy (non-hydrogen) atoms. The first-order valence-corrected chi connectivity index (χ1v) is 8.91. The fourth-order valence-corrected chi connectivity index (χ4v) is 3.56. The molecule has 1 fully saturated rings. The number of piperazine rings is 1. The topological polar surface area (TPSA) is 54.6 Å². The fraction of sp³-hybridized carbons (Fsp3) is 0.471. The average Bonchev–Trinajstić information content (AvgIpc) is 2.96. The van der Waals surface area contributed by atoms with Gasteiger partial charge in [-0.15, -0.1) is 23.7 Å². The van der Waals surface area contributed by atoms with Crippen LogP contribution in [-0.2, 0) is 13.1 Å². The van der Waals surface area contributed by atoms with Crippen LogP contribution < -0.4 is 10.5 Å². The van der Waals surface area contributed by atoms with Gasteiger partial charge in [-0.05, 0) is 24.6 Å². The van der Waals surface area contributed by atoms with Crippen LogP contribution in [0.2, 0.25) is 0 Å². The lowest BCUT2D eigenvalue weighted by molar-refractivity contribution is 0.123. The van der Waals surface area contributed by atoms with E-state index in [4.69, 9.17) is 10.5 Å². The molecular weight excluding hydrogens is 344 g/mol. The number of hydrogen-bond acceptors (Lipinski definition) is 6. The summed E-state index contributed by atoms with van der Waals surface area (Å²) in [5.41, 5.74) is 7.04. The van der Waals surface area contributed by atoms with Gasteiger partial charge in [0.2, 0.25) is 0 Å². The molecule has 0 atom stereocenters. The maximum atomic E-state index is 5.69. The maximum absolute atomic E-state index is 5.69. The Balaban J connectivity index is 0.00000208. The minimum atomic E-state index is 0. The number of aromatic nitrogens is 1. The molecule has 5 nitrogen and oxygen atoms in total. The van der Waals surface area contributed by atoms with E-state index in [9.17, 15) is 0 Å². The highest BCUT2D eigenvalue weighted by molar-refractivity contribution is 7.15. The highest BCUT2D eigenvalue weighted by Gasteiger charge is 2.17. The van der Waals surface area contributed by atoms with Crippen molar-refractivity contribution < 1.29 is 4.74 Å². The van der Waals surface area contributed by atoms with Crippen molar-refractivity contribution in [3.63, 3.8) is 0 Å². The van der Waals surface area contributed by atoms with Gasteiger partial charge in [0.25, 0.3) is 0 Å². The average molecular weight is 369 g/mol. The number of nitrogens with two attached hydrogens (primary N) is 1. The monoisotopic (exact) mass is 368 g/mol. The highest BCUT2D eigenvalue weighted by atomic mass is 35.5. The van der Waals surface area contributed by atoms with E-state index in [0.29, 0.717) is 11.7 Å². The summed E-state index contributed by atoms with van der Waals surface area (Å²) < 4.78 is 5.49. The fourth-order valence-electron chi connectivity index (χ4n) is 2.84. The summed E-state index contributed by atoms with van der Waals surface area (Å²) >= 11 is 1.59. The molecule has 0 bridgehead atoms. The smallest absolute Gasteiger partial charge is 0.180 e. The number of ether oxygens (including phenoxy) is 1. The van der Waals surface area contributed by atoms with E-state index in [1.165, 1.54) is 10.4 Å². The number of hydrogen-bond donors (Lipinski definition) is 1. The van der Waals surface area contributed by atoms with Crippen LogP contribution in [0.1, 0.15) is 17.4 Å². The molecule has 2 heterocycles. The molecule has 1 aromatic carbocycles. The third kappa shape index (κ3) is 5.34. The molecule has 0 unspecified atom stereocenters. The van der Waals surface area contributed by atoms with Gasteiger partial charge in [-0.2, -0.15) is 0 Å². The lowest BCUT2D eigenvalue weighted by atomic mass is 10.2. The summed E-state index contributed by atoms with van der Waals surface area (Å²) in [5, 5.41) is 0.661. The van der Waals surface area contributed by atoms with E-state index in [1.54, 1.807) is 11.3 Å². The largest absolute Gasteiger partial charge is 0.494 e. The zero-order valence-corrected chi connectivity index (χ0v) is 15.6. The van der Waals surface area contributed by atoms with Gasteiger partial charge in [0.1, 0.15) is 5.75 Å². The molecule has 7 heteroatoms. The first-order chi connectivity index (χ1) is 11.2. The van der Waals surface area contributed by atoms with Gasteiger partial charge in [0.05, 0.1) is 6.61 Å². The van der Waals surface area contributed by atoms with Crippen LogP contribution in [0.3, 0.4) is 0 Å². The van der Waals surface area contributed by atoms with Crippen molar-refractivity contribution in [1.82, 2.24) is 14.8 Å². The Kier molecular flexibility index (Phi) is 7.30. The number of benzene rings is 1. The van der Waals surface area contributed by atoms with Crippen LogP contribution in [-0.4, -0.2) is 47.6 Å². The van der Waals surface area contributed by atoms with Crippen LogP contribution in [0.25, 0.3) is 0 Å². The van der Waals surface area contributed by atoms with Crippen LogP contribution in [0, 0.1) is 0 Å². The van der Waals surface area contributed by atoms with Gasteiger partial charge in [-0.25, -0.2) is 4.98 Å². The van der Waals surface area contributed by atoms with Crippen LogP contribution >= 0.6 is 23.7 Å². The molecule has 0 aliphatic carbocycles. The Hall–Kier alpha value is -1.34. The van der Waals surface area contributed by atoms with Crippen molar-refractivity contribution in [3.05, 3.63) is 40.9 Å². The Bertz CT molecular complexity index is 611. The summed E-state index contributed by atoms with van der Waals surface area (Å²) in [6, 6.07) is 8.45. The lowest BCUT2D eigenvalue weighted by Crippen LogP contribution is -2.45. The molecule has 1 aromatic heterocycles. The van der Waals surface area contributed by atoms with E-state index < -0.39 is 0 Å². The molecule has 2 aromatic rings. The third-order valence-electron chi connectivity index (χ3n) is 4.06. The van der Waals surface area contributed by atoms with Crippen LogP contribution in [0.15, 0.2) is 30.5 Å². The molecular formula is C17H25ClN4OS. The predicted molar refractivity (Wildman–Crippen MR) is 102 cm³/mol. The second kappa shape index (κ2) is 9.22. The zero-order chi connectivity index (χ0) is 16.1. The number of anilines is 1. The van der Waals surface area contributed by atoms with Gasteiger partial charge in [0, 0.05) is 50.3 Å². The summed E-state index contributed by atoms with van der Waals surface area (Å²) in [7, 11) is 0. The molecule has 3 rings (SSSR count). The van der Waals surface area contributed by atoms with Crippen molar-refractivity contribution in [2.24, 2.45) is 0 Å². The highest BCUT2D eigenvalue weighted by Crippen LogP contribution is 2.18. The number of rotatable bonds is 6. The minimum Gasteiger partial charge on any atom is -0.494 e. The molecule has 0 amide bonds. The quantitative estimate of drug-likeness (QED) is 0.849. The molecule has 0 saturated carbocycles. The minimum absolute atomic E-state index is 0. The summed E-state index contributed by atoms with van der Waals surface area (Å²) in [5.74, 6) is 0.949. The Labute approximate surface area is 153 Å². The maximum Gasteiger partial charge on any atom is 0.180 e. The van der Waals surface area contributed by atoms with Gasteiger partial charge in [-0.3, -0.25) is 9.80 Å². The lowest BCUT2D eigenvalue weighted by Gasteiger charge is -2.34. The number of nitrogens with zero attached hydrogens (tertiary/aromatic N) is 3. The predicted octanol–water partition coefficient (Wildman–Crippen LogP) is 2.86. The third-order valence-corrected chi connectivity index (χ3v) is 4.87. The Morgan fingerprint density at radius 3 is 2.25 bits per heavy atom. The van der Waals surface area contributed by atoms with Gasteiger partial charge in [0.15, 0.2) is 5.13 Å². The Morgan fingerprint density at radius 2 is 1.71 bits per heavy atom. The van der Waals surface area contributed by atoms with Crippen molar-refractivity contribution in [2.75, 3.05) is 38.5 Å². The zero-order valence-electron chi connectivity index (χ0n) is 14.0. The first-order valence-electron chi connectivity index (χ1n) is 8.09. The first kappa shape index (κ1) is 19.0. The van der Waals surface area contributed by atoms with Crippen molar-refractivity contribution >= 4 is 28.9 Å². The molecule has 1 saturated heterocycles. The SMILES string of the molecule is CCOc1ccc(CN2CCN(Cc3cnc(N)s3)CC2)cc1.Cl. The second-order valence-electron chi connectivity index (χ2n) is 5.79. The molecule has 1 aliphatic heterocycles. The number of nitrogen functional groups attached to an aromatic ring is 1. The van der Waals surface area contributed by atoms with E-state index in [1.807, 2.05) is 13.1 Å². The van der Waals surface area contributed by atoms with E-state index in [2.05, 4.69) is 39.0 Å². The summed E-state index contributed by atoms with van der Waals surface area (Å²) in [6.45, 7) is 9.08. The van der Waals surface area contributed by atoms with E-state index in [-0.39, 0.29) is 12.4 Å². The normalized spacial score (nSPS) is 15.9. The summed E-state index contributed by atoms with van der Waals surface area (Å²) in [6.07, 6.45) is 1.90. The number of halogens is 1. The van der Waals surface area contributed by atoms with Crippen LogP contribution in [0.4, 0.5) is 5.13 Å². The van der Waals surface area contributed by atoms with Gasteiger partial charge < -0.3 is 10.5 Å². The van der Waals surface area contributed by atoms with E-state index in [0.717, 1.165) is 45.0 Å². The van der Waals surface area contributed by atoms with Gasteiger partial charge in [-0.1, -0.05) is 12.1 Å². The molecule has 0 radical (unpaired) electrons. The molecule has 2 N–H and O–H groups in total. The van der Waals surface area contributed by atoms with Crippen molar-refractivity contribution in [1.29, 1.82) is 0 Å². The molecule has 132 valence electrons. The van der Waals surface area contributed by atoms with Gasteiger partial charge >= 0.3 is 0 Å². The summed E-state index contributed by atoms with van der Waals surface area (Å²) in [4.78, 5) is 10.4. The molecule has 1 aliphatic rings. The van der Waals surface area contributed by atoms with E-state index >= 15 is 0 Å². The van der Waals surface area contributed by atoms with Crippen molar-refractivity contribution in [3.8, 4) is 5.75 Å². The molecule has 0 spiro atoms. The number of thiazole rings is 1.